The van der Waals surface area contributed by atoms with Crippen molar-refractivity contribution in [1.82, 2.24) is 9.29 Å². The second-order valence-corrected chi connectivity index (χ2v) is 8.86. The van der Waals surface area contributed by atoms with E-state index in [2.05, 4.69) is 9.71 Å². The highest BCUT2D eigenvalue weighted by molar-refractivity contribution is 7.89. The van der Waals surface area contributed by atoms with Crippen LogP contribution in [-0.2, 0) is 21.8 Å². The van der Waals surface area contributed by atoms with Crippen LogP contribution in [0.25, 0.3) is 0 Å². The number of nitrogens with zero attached hydrogens (tertiary/aromatic N) is 2. The van der Waals surface area contributed by atoms with Crippen LogP contribution in [0.15, 0.2) is 39.7 Å². The number of hydrogen-bond acceptors (Lipinski definition) is 5. The van der Waals surface area contributed by atoms with Gasteiger partial charge in [0.05, 0.1) is 11.1 Å². The Morgan fingerprint density at radius 1 is 1.50 bits per heavy atom. The number of carbonyl (C=O) groups is 1. The van der Waals surface area contributed by atoms with E-state index in [1.807, 2.05) is 0 Å². The maximum atomic E-state index is 12.6. The molecule has 1 N–H and O–H groups in total. The molecule has 1 amide bonds. The summed E-state index contributed by atoms with van der Waals surface area (Å²) >= 11 is 7.37. The van der Waals surface area contributed by atoms with E-state index in [1.165, 1.54) is 29.5 Å². The molecule has 1 aliphatic rings. The minimum Gasteiger partial charge on any atom is -0.377 e. The summed E-state index contributed by atoms with van der Waals surface area (Å²) in [5.41, 5.74) is 0.153. The van der Waals surface area contributed by atoms with Gasteiger partial charge >= 0.3 is 0 Å². The van der Waals surface area contributed by atoms with Crippen molar-refractivity contribution in [3.05, 3.63) is 45.2 Å². The molecular weight excluding hydrogens is 398 g/mol. The van der Waals surface area contributed by atoms with Crippen LogP contribution in [0.4, 0.5) is 0 Å². The third-order valence-corrected chi connectivity index (χ3v) is 6.70. The lowest BCUT2D eigenvalue weighted by atomic mass is 10.2. The van der Waals surface area contributed by atoms with Gasteiger partial charge < -0.3 is 9.30 Å². The fourth-order valence-electron chi connectivity index (χ4n) is 2.51. The summed E-state index contributed by atoms with van der Waals surface area (Å²) in [6.07, 6.45) is 3.37. The lowest BCUT2D eigenvalue weighted by Crippen LogP contribution is -2.32. The fraction of sp³-hybridized carbons (Fsp3) is 0.375. The fourth-order valence-corrected chi connectivity index (χ4v) is 4.83. The van der Waals surface area contributed by atoms with Gasteiger partial charge in [0.2, 0.25) is 10.0 Å². The van der Waals surface area contributed by atoms with Crippen molar-refractivity contribution in [2.24, 2.45) is 12.0 Å². The third-order valence-electron chi connectivity index (χ3n) is 3.95. The molecule has 1 aliphatic heterocycles. The molecule has 3 rings (SSSR count). The number of aromatic nitrogens is 1. The van der Waals surface area contributed by atoms with Crippen molar-refractivity contribution in [2.75, 3.05) is 13.2 Å². The van der Waals surface area contributed by atoms with Crippen LogP contribution >= 0.6 is 22.9 Å². The number of halogens is 1. The van der Waals surface area contributed by atoms with E-state index in [4.69, 9.17) is 16.3 Å². The molecule has 1 saturated heterocycles. The first-order chi connectivity index (χ1) is 12.4. The Balaban J connectivity index is 1.85. The molecule has 140 valence electrons. The number of thiazole rings is 1. The number of benzene rings is 1. The zero-order valence-corrected chi connectivity index (χ0v) is 16.4. The summed E-state index contributed by atoms with van der Waals surface area (Å²) in [5, 5.41) is 1.85. The molecule has 1 aromatic heterocycles. The molecule has 0 spiro atoms. The van der Waals surface area contributed by atoms with E-state index in [0.717, 1.165) is 12.8 Å². The highest BCUT2D eigenvalue weighted by Crippen LogP contribution is 2.23. The number of sulfonamides is 1. The second kappa shape index (κ2) is 8.01. The average molecular weight is 416 g/mol. The molecule has 0 bridgehead atoms. The summed E-state index contributed by atoms with van der Waals surface area (Å²) in [4.78, 5) is 16.8. The molecule has 10 heteroatoms. The monoisotopic (exact) mass is 415 g/mol. The molecule has 1 aromatic carbocycles. The third kappa shape index (κ3) is 4.41. The lowest BCUT2D eigenvalue weighted by molar-refractivity contribution is 0.0997. The van der Waals surface area contributed by atoms with Crippen LogP contribution < -0.4 is 9.52 Å². The van der Waals surface area contributed by atoms with E-state index < -0.39 is 15.9 Å². The van der Waals surface area contributed by atoms with Crippen LogP contribution in [0.3, 0.4) is 0 Å². The van der Waals surface area contributed by atoms with Gasteiger partial charge in [-0.25, -0.2) is 13.1 Å². The van der Waals surface area contributed by atoms with Crippen molar-refractivity contribution < 1.29 is 17.9 Å². The molecule has 2 aromatic rings. The zero-order valence-electron chi connectivity index (χ0n) is 14.0. The Hall–Kier alpha value is -1.52. The first-order valence-corrected chi connectivity index (χ1v) is 10.7. The zero-order chi connectivity index (χ0) is 18.7. The van der Waals surface area contributed by atoms with Gasteiger partial charge in [0.1, 0.15) is 4.90 Å². The van der Waals surface area contributed by atoms with Gasteiger partial charge in [-0.3, -0.25) is 4.79 Å². The molecule has 0 aliphatic carbocycles. The quantitative estimate of drug-likeness (QED) is 0.808. The molecule has 1 unspecified atom stereocenters. The minimum absolute atomic E-state index is 0.0445. The SMILES string of the molecule is Cn1ccsc1=NC(=O)c1ccc(Cl)c(S(=O)(=O)NCC2CCCO2)c1. The number of hydrogen-bond donors (Lipinski definition) is 1. The predicted octanol–water partition coefficient (Wildman–Crippen LogP) is 1.94. The molecule has 0 radical (unpaired) electrons. The second-order valence-electron chi connectivity index (χ2n) is 5.85. The smallest absolute Gasteiger partial charge is 0.279 e. The Morgan fingerprint density at radius 3 is 2.96 bits per heavy atom. The Morgan fingerprint density at radius 2 is 2.31 bits per heavy atom. The van der Waals surface area contributed by atoms with E-state index in [-0.39, 0.29) is 28.1 Å². The van der Waals surface area contributed by atoms with Crippen molar-refractivity contribution >= 4 is 38.9 Å². The molecule has 7 nitrogen and oxygen atoms in total. The largest absolute Gasteiger partial charge is 0.377 e. The maximum Gasteiger partial charge on any atom is 0.279 e. The van der Waals surface area contributed by atoms with Gasteiger partial charge in [0.25, 0.3) is 5.91 Å². The first kappa shape index (κ1) is 19.2. The first-order valence-electron chi connectivity index (χ1n) is 7.97. The van der Waals surface area contributed by atoms with Gasteiger partial charge in [-0.15, -0.1) is 11.3 Å². The van der Waals surface area contributed by atoms with Gasteiger partial charge in [0, 0.05) is 37.3 Å². The summed E-state index contributed by atoms with van der Waals surface area (Å²) < 4.78 is 34.7. The van der Waals surface area contributed by atoms with Gasteiger partial charge in [-0.1, -0.05) is 11.6 Å². The summed E-state index contributed by atoms with van der Waals surface area (Å²) in [7, 11) is -2.09. The minimum atomic E-state index is -3.86. The van der Waals surface area contributed by atoms with Gasteiger partial charge in [0.15, 0.2) is 4.80 Å². The number of aryl methyl sites for hydroxylation is 1. The number of rotatable bonds is 5. The van der Waals surface area contributed by atoms with Crippen molar-refractivity contribution in [2.45, 2.75) is 23.8 Å². The number of amides is 1. The van der Waals surface area contributed by atoms with E-state index in [9.17, 15) is 13.2 Å². The summed E-state index contributed by atoms with van der Waals surface area (Å²) in [5.74, 6) is -0.532. The van der Waals surface area contributed by atoms with Crippen LogP contribution in [0.2, 0.25) is 5.02 Å². The van der Waals surface area contributed by atoms with E-state index >= 15 is 0 Å². The molecule has 2 heterocycles. The highest BCUT2D eigenvalue weighted by atomic mass is 35.5. The van der Waals surface area contributed by atoms with Gasteiger partial charge in [-0.2, -0.15) is 4.99 Å². The average Bonchev–Trinajstić information content (AvgIpc) is 3.25. The number of ether oxygens (including phenoxy) is 1. The van der Waals surface area contributed by atoms with Crippen LogP contribution in [0.5, 0.6) is 0 Å². The standard InChI is InChI=1S/C16H18ClN3O4S2/c1-20-6-8-25-16(20)19-15(21)11-4-5-13(17)14(9-11)26(22,23)18-10-12-3-2-7-24-12/h4-6,8-9,12,18H,2-3,7,10H2,1H3. The van der Waals surface area contributed by atoms with Crippen LogP contribution in [-0.4, -0.2) is 38.1 Å². The Kier molecular flexibility index (Phi) is 5.93. The normalized spacial score (nSPS) is 18.4. The van der Waals surface area contributed by atoms with E-state index in [0.29, 0.717) is 11.4 Å². The summed E-state index contributed by atoms with van der Waals surface area (Å²) in [6.45, 7) is 0.811. The van der Waals surface area contributed by atoms with E-state index in [1.54, 1.807) is 23.2 Å². The van der Waals surface area contributed by atoms with Crippen LogP contribution in [0, 0.1) is 0 Å². The Bertz CT molecular complexity index is 975. The number of carbonyl (C=O) groups excluding carboxylic acids is 1. The molecule has 1 fully saturated rings. The molecule has 26 heavy (non-hydrogen) atoms. The number of nitrogens with one attached hydrogen (secondary N) is 1. The van der Waals surface area contributed by atoms with Crippen molar-refractivity contribution in [3.63, 3.8) is 0 Å². The Labute approximate surface area is 160 Å². The van der Waals surface area contributed by atoms with Crippen LogP contribution in [0.1, 0.15) is 23.2 Å². The lowest BCUT2D eigenvalue weighted by Gasteiger charge is -2.12. The van der Waals surface area contributed by atoms with Crippen molar-refractivity contribution in [1.29, 1.82) is 0 Å². The highest BCUT2D eigenvalue weighted by Gasteiger charge is 2.23. The topological polar surface area (TPSA) is 89.8 Å². The molecule has 1 atom stereocenters. The van der Waals surface area contributed by atoms with Crippen molar-refractivity contribution in [3.8, 4) is 0 Å². The molecular formula is C16H18ClN3O4S2. The predicted molar refractivity (Wildman–Crippen MR) is 98.8 cm³/mol. The molecule has 0 saturated carbocycles. The van der Waals surface area contributed by atoms with Gasteiger partial charge in [-0.05, 0) is 31.0 Å². The maximum absolute atomic E-state index is 12.6. The summed E-state index contributed by atoms with van der Waals surface area (Å²) in [6, 6.07) is 4.10.